The van der Waals surface area contributed by atoms with E-state index in [4.69, 9.17) is 28.9 Å². The molecule has 0 heterocycles. The Bertz CT molecular complexity index is 484. The molecule has 1 fully saturated rings. The van der Waals surface area contributed by atoms with Gasteiger partial charge in [0.2, 0.25) is 5.91 Å². The standard InChI is InChI=1S/C14H18Cl2N2O/c1-18(13(19)14(17)6-2-3-7-14)9-10-4-5-11(15)12(16)8-10/h4-5,8H,2-3,6-7,9,17H2,1H3. The van der Waals surface area contributed by atoms with Gasteiger partial charge in [0.25, 0.3) is 0 Å². The van der Waals surface area contributed by atoms with Gasteiger partial charge in [-0.25, -0.2) is 0 Å². The fourth-order valence-electron chi connectivity index (χ4n) is 2.58. The molecular formula is C14H18Cl2N2O. The van der Waals surface area contributed by atoms with Crippen LogP contribution in [0, 0.1) is 0 Å². The van der Waals surface area contributed by atoms with Crippen LogP contribution in [0.15, 0.2) is 18.2 Å². The van der Waals surface area contributed by atoms with E-state index in [0.29, 0.717) is 16.6 Å². The van der Waals surface area contributed by atoms with Crippen LogP contribution >= 0.6 is 23.2 Å². The molecule has 5 heteroatoms. The van der Waals surface area contributed by atoms with Crippen molar-refractivity contribution in [2.45, 2.75) is 37.8 Å². The summed E-state index contributed by atoms with van der Waals surface area (Å²) in [5.74, 6) is 0.0103. The first-order chi connectivity index (χ1) is 8.92. The molecule has 0 aromatic heterocycles. The molecule has 0 bridgehead atoms. The molecule has 1 aliphatic carbocycles. The van der Waals surface area contributed by atoms with Crippen molar-refractivity contribution in [3.05, 3.63) is 33.8 Å². The molecule has 0 spiro atoms. The Balaban J connectivity index is 2.06. The quantitative estimate of drug-likeness (QED) is 0.931. The van der Waals surface area contributed by atoms with Crippen molar-refractivity contribution in [1.82, 2.24) is 4.90 Å². The summed E-state index contributed by atoms with van der Waals surface area (Å²) in [5, 5.41) is 1.02. The number of amides is 1. The Labute approximate surface area is 123 Å². The Kier molecular flexibility index (Phi) is 4.39. The van der Waals surface area contributed by atoms with Gasteiger partial charge in [0.15, 0.2) is 0 Å². The molecule has 0 unspecified atom stereocenters. The summed E-state index contributed by atoms with van der Waals surface area (Å²) < 4.78 is 0. The SMILES string of the molecule is CN(Cc1ccc(Cl)c(Cl)c1)C(=O)C1(N)CCCC1. The van der Waals surface area contributed by atoms with Gasteiger partial charge in [-0.1, -0.05) is 42.1 Å². The molecule has 104 valence electrons. The summed E-state index contributed by atoms with van der Waals surface area (Å²) in [6, 6.07) is 5.40. The minimum atomic E-state index is -0.676. The average molecular weight is 301 g/mol. The lowest BCUT2D eigenvalue weighted by atomic mass is 9.97. The lowest BCUT2D eigenvalue weighted by Gasteiger charge is -2.28. The van der Waals surface area contributed by atoms with Gasteiger partial charge in [0, 0.05) is 13.6 Å². The second-order valence-corrected chi connectivity index (χ2v) is 6.09. The normalized spacial score (nSPS) is 17.5. The van der Waals surface area contributed by atoms with Crippen LogP contribution < -0.4 is 5.73 Å². The van der Waals surface area contributed by atoms with Crippen molar-refractivity contribution in [2.24, 2.45) is 5.73 Å². The van der Waals surface area contributed by atoms with Crippen molar-refractivity contribution in [3.8, 4) is 0 Å². The first kappa shape index (κ1) is 14.6. The molecule has 0 radical (unpaired) electrons. The van der Waals surface area contributed by atoms with Crippen LogP contribution in [-0.2, 0) is 11.3 Å². The highest BCUT2D eigenvalue weighted by atomic mass is 35.5. The zero-order chi connectivity index (χ0) is 14.0. The first-order valence-corrected chi connectivity index (χ1v) is 7.16. The number of rotatable bonds is 3. The number of nitrogens with two attached hydrogens (primary N) is 1. The zero-order valence-corrected chi connectivity index (χ0v) is 12.5. The number of carbonyl (C=O) groups excluding carboxylic acids is 1. The van der Waals surface area contributed by atoms with Crippen molar-refractivity contribution in [1.29, 1.82) is 0 Å². The molecule has 0 atom stereocenters. The van der Waals surface area contributed by atoms with Crippen molar-refractivity contribution >= 4 is 29.1 Å². The van der Waals surface area contributed by atoms with E-state index in [0.717, 1.165) is 31.2 Å². The van der Waals surface area contributed by atoms with Gasteiger partial charge < -0.3 is 10.6 Å². The minimum absolute atomic E-state index is 0.0103. The van der Waals surface area contributed by atoms with Crippen molar-refractivity contribution < 1.29 is 4.79 Å². The number of likely N-dealkylation sites (N-methyl/N-ethyl adjacent to an activating group) is 1. The minimum Gasteiger partial charge on any atom is -0.340 e. The molecule has 0 aliphatic heterocycles. The summed E-state index contributed by atoms with van der Waals surface area (Å²) in [7, 11) is 1.78. The molecule has 3 nitrogen and oxygen atoms in total. The van der Waals surface area contributed by atoms with Crippen LogP contribution in [0.25, 0.3) is 0 Å². The first-order valence-electron chi connectivity index (χ1n) is 6.41. The molecule has 1 amide bonds. The van der Waals surface area contributed by atoms with Crippen molar-refractivity contribution in [3.63, 3.8) is 0 Å². The molecule has 0 saturated heterocycles. The van der Waals surface area contributed by atoms with E-state index >= 15 is 0 Å². The lowest BCUT2D eigenvalue weighted by Crippen LogP contribution is -2.52. The number of hydrogen-bond acceptors (Lipinski definition) is 2. The molecule has 2 N–H and O–H groups in total. The number of hydrogen-bond donors (Lipinski definition) is 1. The van der Waals surface area contributed by atoms with Crippen LogP contribution in [0.4, 0.5) is 0 Å². The smallest absolute Gasteiger partial charge is 0.242 e. The van der Waals surface area contributed by atoms with Crippen LogP contribution in [0.1, 0.15) is 31.2 Å². The third-order valence-electron chi connectivity index (χ3n) is 3.67. The topological polar surface area (TPSA) is 46.3 Å². The van der Waals surface area contributed by atoms with Gasteiger partial charge >= 0.3 is 0 Å². The molecule has 1 aromatic rings. The van der Waals surface area contributed by atoms with E-state index in [1.165, 1.54) is 0 Å². The van der Waals surface area contributed by atoms with Gasteiger partial charge in [-0.05, 0) is 30.5 Å². The van der Waals surface area contributed by atoms with E-state index in [1.54, 1.807) is 24.1 Å². The second kappa shape index (κ2) is 5.70. The number of halogens is 2. The maximum atomic E-state index is 12.4. The van der Waals surface area contributed by atoms with Crippen LogP contribution in [0.5, 0.6) is 0 Å². The Morgan fingerprint density at radius 1 is 1.32 bits per heavy atom. The third kappa shape index (κ3) is 3.22. The second-order valence-electron chi connectivity index (χ2n) is 5.27. The number of benzene rings is 1. The summed E-state index contributed by atoms with van der Waals surface area (Å²) in [5.41, 5.74) is 6.45. The molecule has 1 aromatic carbocycles. The summed E-state index contributed by atoms with van der Waals surface area (Å²) in [6.45, 7) is 0.495. The maximum absolute atomic E-state index is 12.4. The van der Waals surface area contributed by atoms with E-state index in [2.05, 4.69) is 0 Å². The van der Waals surface area contributed by atoms with Gasteiger partial charge in [-0.15, -0.1) is 0 Å². The largest absolute Gasteiger partial charge is 0.340 e. The predicted octanol–water partition coefficient (Wildman–Crippen LogP) is 3.22. The van der Waals surface area contributed by atoms with Gasteiger partial charge in [0.05, 0.1) is 15.6 Å². The van der Waals surface area contributed by atoms with E-state index in [-0.39, 0.29) is 5.91 Å². The maximum Gasteiger partial charge on any atom is 0.242 e. The van der Waals surface area contributed by atoms with Crippen LogP contribution in [0.3, 0.4) is 0 Å². The third-order valence-corrected chi connectivity index (χ3v) is 4.41. The Morgan fingerprint density at radius 2 is 1.95 bits per heavy atom. The van der Waals surface area contributed by atoms with Crippen LogP contribution in [-0.4, -0.2) is 23.4 Å². The lowest BCUT2D eigenvalue weighted by molar-refractivity contribution is -0.136. The Morgan fingerprint density at radius 3 is 2.53 bits per heavy atom. The fraction of sp³-hybridized carbons (Fsp3) is 0.500. The van der Waals surface area contributed by atoms with Crippen LogP contribution in [0.2, 0.25) is 10.0 Å². The molecular weight excluding hydrogens is 283 g/mol. The van der Waals surface area contributed by atoms with E-state index in [1.807, 2.05) is 6.07 Å². The molecule has 1 saturated carbocycles. The van der Waals surface area contributed by atoms with Gasteiger partial charge in [-0.2, -0.15) is 0 Å². The van der Waals surface area contributed by atoms with E-state index < -0.39 is 5.54 Å². The fourth-order valence-corrected chi connectivity index (χ4v) is 2.90. The van der Waals surface area contributed by atoms with Gasteiger partial charge in [-0.3, -0.25) is 4.79 Å². The van der Waals surface area contributed by atoms with Crippen molar-refractivity contribution in [2.75, 3.05) is 7.05 Å². The molecule has 2 rings (SSSR count). The Hall–Kier alpha value is -0.770. The number of nitrogens with zero attached hydrogens (tertiary/aromatic N) is 1. The highest BCUT2D eigenvalue weighted by Crippen LogP contribution is 2.29. The van der Waals surface area contributed by atoms with E-state index in [9.17, 15) is 4.79 Å². The monoisotopic (exact) mass is 300 g/mol. The highest BCUT2D eigenvalue weighted by molar-refractivity contribution is 6.42. The predicted molar refractivity (Wildman–Crippen MR) is 78.3 cm³/mol. The van der Waals surface area contributed by atoms with Gasteiger partial charge in [0.1, 0.15) is 0 Å². The summed E-state index contributed by atoms with van der Waals surface area (Å²) in [6.07, 6.45) is 3.61. The molecule has 1 aliphatic rings. The zero-order valence-electron chi connectivity index (χ0n) is 11.0. The number of carbonyl (C=O) groups is 1. The molecule has 19 heavy (non-hydrogen) atoms. The average Bonchev–Trinajstić information content (AvgIpc) is 2.81. The summed E-state index contributed by atoms with van der Waals surface area (Å²) >= 11 is 11.8. The highest BCUT2D eigenvalue weighted by Gasteiger charge is 2.38. The summed E-state index contributed by atoms with van der Waals surface area (Å²) in [4.78, 5) is 14.0.